The summed E-state index contributed by atoms with van der Waals surface area (Å²) in [6.45, 7) is 3.22. The van der Waals surface area contributed by atoms with Gasteiger partial charge in [0, 0.05) is 23.4 Å². The highest BCUT2D eigenvalue weighted by atomic mass is 16.5. The third-order valence-corrected chi connectivity index (χ3v) is 5.06. The van der Waals surface area contributed by atoms with Crippen molar-refractivity contribution in [2.75, 3.05) is 12.4 Å². The molecule has 0 aliphatic carbocycles. The Kier molecular flexibility index (Phi) is 6.90. The lowest BCUT2D eigenvalue weighted by atomic mass is 10.0. The molecule has 32 heavy (non-hydrogen) atoms. The highest BCUT2D eigenvalue weighted by molar-refractivity contribution is 5.96. The predicted octanol–water partition coefficient (Wildman–Crippen LogP) is 3.48. The van der Waals surface area contributed by atoms with Crippen molar-refractivity contribution in [3.05, 3.63) is 69.6 Å². The number of methoxy groups -OCH3 is 1. The minimum absolute atomic E-state index is 0.0976. The van der Waals surface area contributed by atoms with Crippen molar-refractivity contribution in [3.63, 3.8) is 0 Å². The largest absolute Gasteiger partial charge is 0.497 e. The van der Waals surface area contributed by atoms with Crippen molar-refractivity contribution < 1.29 is 23.5 Å². The van der Waals surface area contributed by atoms with Crippen LogP contribution < -0.4 is 15.7 Å². The number of esters is 1. The summed E-state index contributed by atoms with van der Waals surface area (Å²) in [5.41, 5.74) is 1.60. The zero-order valence-corrected chi connectivity index (χ0v) is 17.9. The highest BCUT2D eigenvalue weighted by Crippen LogP contribution is 2.24. The van der Waals surface area contributed by atoms with Crippen LogP contribution in [0.3, 0.4) is 0 Å². The smallest absolute Gasteiger partial charge is 0.339 e. The number of anilines is 1. The maximum absolute atomic E-state index is 12.4. The fraction of sp³-hybridized carbons (Fsp3) is 0.250. The van der Waals surface area contributed by atoms with Crippen molar-refractivity contribution >= 4 is 28.5 Å². The van der Waals surface area contributed by atoms with E-state index in [2.05, 4.69) is 5.32 Å². The first-order valence-corrected chi connectivity index (χ1v) is 9.93. The molecule has 0 bridgehead atoms. The molecule has 8 nitrogen and oxygen atoms in total. The van der Waals surface area contributed by atoms with Crippen LogP contribution in [0.15, 0.2) is 51.7 Å². The van der Waals surface area contributed by atoms with Crippen molar-refractivity contribution in [1.29, 1.82) is 5.26 Å². The summed E-state index contributed by atoms with van der Waals surface area (Å²) in [6, 6.07) is 13.7. The molecular weight excluding hydrogens is 412 g/mol. The number of carbonyl (C=O) groups is 2. The van der Waals surface area contributed by atoms with Gasteiger partial charge >= 0.3 is 11.6 Å². The standard InChI is InChI=1S/C24H22N2O6/c1-14-18-9-8-17(30-3)12-21(18)32-24(29)19(14)10-11-22(27)31-15(2)23(28)26-20-7-5-4-6-16(20)13-25/h4-9,12,15H,10-11H2,1-3H3,(H,26,28). The number of nitriles is 1. The Balaban J connectivity index is 1.64. The molecule has 1 atom stereocenters. The molecule has 0 aliphatic rings. The molecule has 0 spiro atoms. The molecule has 0 radical (unpaired) electrons. The van der Waals surface area contributed by atoms with E-state index in [1.807, 2.05) is 6.07 Å². The predicted molar refractivity (Wildman–Crippen MR) is 117 cm³/mol. The molecule has 1 unspecified atom stereocenters. The fourth-order valence-corrected chi connectivity index (χ4v) is 3.25. The summed E-state index contributed by atoms with van der Waals surface area (Å²) in [7, 11) is 1.52. The van der Waals surface area contributed by atoms with Crippen molar-refractivity contribution in [1.82, 2.24) is 0 Å². The van der Waals surface area contributed by atoms with Crippen LogP contribution in [-0.4, -0.2) is 25.1 Å². The minimum Gasteiger partial charge on any atom is -0.497 e. The summed E-state index contributed by atoms with van der Waals surface area (Å²) in [4.78, 5) is 37.0. The average Bonchev–Trinajstić information content (AvgIpc) is 2.78. The second-order valence-electron chi connectivity index (χ2n) is 7.13. The first-order valence-electron chi connectivity index (χ1n) is 9.93. The van der Waals surface area contributed by atoms with Gasteiger partial charge in [-0.2, -0.15) is 5.26 Å². The lowest BCUT2D eigenvalue weighted by Gasteiger charge is -2.14. The van der Waals surface area contributed by atoms with Gasteiger partial charge in [0.1, 0.15) is 17.4 Å². The minimum atomic E-state index is -1.07. The van der Waals surface area contributed by atoms with Gasteiger partial charge in [-0.05, 0) is 50.1 Å². The number of hydrogen-bond acceptors (Lipinski definition) is 7. The molecule has 1 N–H and O–H groups in total. The van der Waals surface area contributed by atoms with Gasteiger partial charge in [-0.1, -0.05) is 12.1 Å². The molecular formula is C24H22N2O6. The number of benzene rings is 2. The lowest BCUT2D eigenvalue weighted by molar-refractivity contribution is -0.153. The van der Waals surface area contributed by atoms with E-state index in [0.717, 1.165) is 5.39 Å². The topological polar surface area (TPSA) is 119 Å². The molecule has 1 heterocycles. The van der Waals surface area contributed by atoms with Crippen molar-refractivity contribution in [2.45, 2.75) is 32.8 Å². The third-order valence-electron chi connectivity index (χ3n) is 5.06. The summed E-state index contributed by atoms with van der Waals surface area (Å²) < 4.78 is 15.7. The number of carbonyl (C=O) groups excluding carboxylic acids is 2. The third kappa shape index (κ3) is 4.95. The Labute approximate surface area is 184 Å². The van der Waals surface area contributed by atoms with Crippen molar-refractivity contribution in [2.24, 2.45) is 0 Å². The maximum atomic E-state index is 12.4. The summed E-state index contributed by atoms with van der Waals surface area (Å²) in [5, 5.41) is 12.4. The van der Waals surface area contributed by atoms with Crippen LogP contribution in [0.1, 0.15) is 30.0 Å². The van der Waals surface area contributed by atoms with Gasteiger partial charge in [-0.25, -0.2) is 4.79 Å². The number of para-hydroxylation sites is 1. The highest BCUT2D eigenvalue weighted by Gasteiger charge is 2.20. The number of rotatable bonds is 7. The van der Waals surface area contributed by atoms with E-state index >= 15 is 0 Å². The van der Waals surface area contributed by atoms with Crippen molar-refractivity contribution in [3.8, 4) is 11.8 Å². The molecule has 0 fully saturated rings. The molecule has 0 saturated carbocycles. The Morgan fingerprint density at radius 1 is 1.22 bits per heavy atom. The summed E-state index contributed by atoms with van der Waals surface area (Å²) in [6.07, 6.45) is -1.06. The second-order valence-corrected chi connectivity index (χ2v) is 7.13. The molecule has 0 aliphatic heterocycles. The lowest BCUT2D eigenvalue weighted by Crippen LogP contribution is -2.30. The molecule has 8 heteroatoms. The number of nitrogens with zero attached hydrogens (tertiary/aromatic N) is 1. The number of nitrogens with one attached hydrogen (secondary N) is 1. The van der Waals surface area contributed by atoms with Gasteiger partial charge in [0.15, 0.2) is 6.10 Å². The quantitative estimate of drug-likeness (QED) is 0.447. The van der Waals surface area contributed by atoms with Crippen LogP contribution in [-0.2, 0) is 20.7 Å². The maximum Gasteiger partial charge on any atom is 0.339 e. The Bertz CT molecular complexity index is 1270. The molecule has 3 aromatic rings. The van der Waals surface area contributed by atoms with E-state index in [-0.39, 0.29) is 12.8 Å². The molecule has 1 amide bonds. The van der Waals surface area contributed by atoms with Crippen LogP contribution in [0.4, 0.5) is 5.69 Å². The van der Waals surface area contributed by atoms with Gasteiger partial charge < -0.3 is 19.2 Å². The molecule has 2 aromatic carbocycles. The van der Waals surface area contributed by atoms with E-state index in [0.29, 0.717) is 33.7 Å². The van der Waals surface area contributed by atoms with E-state index in [9.17, 15) is 14.4 Å². The van der Waals surface area contributed by atoms with E-state index < -0.39 is 23.6 Å². The number of fused-ring (bicyclic) bond motifs is 1. The average molecular weight is 434 g/mol. The van der Waals surface area contributed by atoms with E-state index in [1.54, 1.807) is 49.4 Å². The first kappa shape index (κ1) is 22.6. The van der Waals surface area contributed by atoms with Gasteiger partial charge in [-0.3, -0.25) is 9.59 Å². The van der Waals surface area contributed by atoms with Crippen LogP contribution in [0.2, 0.25) is 0 Å². The Hall–Kier alpha value is -4.12. The Morgan fingerprint density at radius 3 is 2.69 bits per heavy atom. The molecule has 3 rings (SSSR count). The number of amides is 1. The van der Waals surface area contributed by atoms with Gasteiger partial charge in [0.2, 0.25) is 0 Å². The normalized spacial score (nSPS) is 11.4. The van der Waals surface area contributed by atoms with Crippen LogP contribution >= 0.6 is 0 Å². The molecule has 1 aromatic heterocycles. The first-order chi connectivity index (χ1) is 15.3. The summed E-state index contributed by atoms with van der Waals surface area (Å²) >= 11 is 0. The molecule has 0 saturated heterocycles. The van der Waals surface area contributed by atoms with E-state index in [1.165, 1.54) is 14.0 Å². The zero-order chi connectivity index (χ0) is 23.3. The number of ether oxygens (including phenoxy) is 2. The fourth-order valence-electron chi connectivity index (χ4n) is 3.25. The van der Waals surface area contributed by atoms with Gasteiger partial charge in [0.05, 0.1) is 18.4 Å². The zero-order valence-electron chi connectivity index (χ0n) is 17.9. The molecule has 164 valence electrons. The van der Waals surface area contributed by atoms with Gasteiger partial charge in [-0.15, -0.1) is 0 Å². The van der Waals surface area contributed by atoms with Crippen LogP contribution in [0.5, 0.6) is 5.75 Å². The van der Waals surface area contributed by atoms with Gasteiger partial charge in [0.25, 0.3) is 5.91 Å². The SMILES string of the molecule is COc1ccc2c(C)c(CCC(=O)OC(C)C(=O)Nc3ccccc3C#N)c(=O)oc2c1. The van der Waals surface area contributed by atoms with Crippen LogP contribution in [0, 0.1) is 18.3 Å². The van der Waals surface area contributed by atoms with E-state index in [4.69, 9.17) is 19.2 Å². The summed E-state index contributed by atoms with van der Waals surface area (Å²) in [5.74, 6) is -0.618. The second kappa shape index (κ2) is 9.79. The number of hydrogen-bond donors (Lipinski definition) is 1. The Morgan fingerprint density at radius 2 is 1.97 bits per heavy atom. The number of aryl methyl sites for hydroxylation is 1. The monoisotopic (exact) mass is 434 g/mol. The van der Waals surface area contributed by atoms with Crippen LogP contribution in [0.25, 0.3) is 11.0 Å².